The molecule has 0 radical (unpaired) electrons. The second kappa shape index (κ2) is 5.24. The topological polar surface area (TPSA) is 49.4 Å². The zero-order valence-corrected chi connectivity index (χ0v) is 12.5. The molecule has 0 spiro atoms. The molecule has 1 fully saturated rings. The van der Waals surface area contributed by atoms with Crippen LogP contribution in [-0.4, -0.2) is 57.0 Å². The summed E-state index contributed by atoms with van der Waals surface area (Å²) >= 11 is 0. The minimum Gasteiger partial charge on any atom is -0.317 e. The van der Waals surface area contributed by atoms with E-state index in [1.165, 1.54) is 0 Å². The molecule has 0 aromatic heterocycles. The summed E-state index contributed by atoms with van der Waals surface area (Å²) < 4.78 is 23.0. The molecule has 1 saturated heterocycles. The van der Waals surface area contributed by atoms with E-state index in [0.29, 0.717) is 24.1 Å². The lowest BCUT2D eigenvalue weighted by molar-refractivity contribution is 0.123. The van der Waals surface area contributed by atoms with E-state index in [4.69, 9.17) is 0 Å². The van der Waals surface area contributed by atoms with Crippen molar-refractivity contribution >= 4 is 9.84 Å². The molecule has 102 valence electrons. The van der Waals surface area contributed by atoms with Crippen molar-refractivity contribution in [1.29, 1.82) is 0 Å². The lowest BCUT2D eigenvalue weighted by Gasteiger charge is -2.41. The molecule has 2 unspecified atom stereocenters. The van der Waals surface area contributed by atoms with Gasteiger partial charge in [0.15, 0.2) is 9.84 Å². The Morgan fingerprint density at radius 3 is 2.53 bits per heavy atom. The Morgan fingerprint density at radius 1 is 1.47 bits per heavy atom. The van der Waals surface area contributed by atoms with Gasteiger partial charge in [-0.3, -0.25) is 4.90 Å². The minimum atomic E-state index is -2.80. The standard InChI is InChI=1S/C12H26N2O2S/c1-10-8-17(15,16)7-6-14(10)9-12(3,4)11(2)13-5/h10-11,13H,6-9H2,1-5H3. The first-order valence-corrected chi connectivity index (χ1v) is 8.12. The van der Waals surface area contributed by atoms with E-state index in [1.807, 2.05) is 14.0 Å². The molecule has 0 saturated carbocycles. The average molecular weight is 262 g/mol. The van der Waals surface area contributed by atoms with Crippen molar-refractivity contribution in [3.63, 3.8) is 0 Å². The highest BCUT2D eigenvalue weighted by Gasteiger charge is 2.33. The van der Waals surface area contributed by atoms with Gasteiger partial charge in [0.25, 0.3) is 0 Å². The van der Waals surface area contributed by atoms with Gasteiger partial charge < -0.3 is 5.32 Å². The fourth-order valence-electron chi connectivity index (χ4n) is 2.32. The van der Waals surface area contributed by atoms with E-state index in [1.54, 1.807) is 0 Å². The third kappa shape index (κ3) is 3.93. The maximum atomic E-state index is 11.5. The van der Waals surface area contributed by atoms with E-state index in [2.05, 4.69) is 31.0 Å². The van der Waals surface area contributed by atoms with Crippen LogP contribution in [0.5, 0.6) is 0 Å². The highest BCUT2D eigenvalue weighted by molar-refractivity contribution is 7.91. The number of nitrogens with one attached hydrogen (secondary N) is 1. The van der Waals surface area contributed by atoms with Crippen LogP contribution < -0.4 is 5.32 Å². The summed E-state index contributed by atoms with van der Waals surface area (Å²) in [5.41, 5.74) is 0.143. The van der Waals surface area contributed by atoms with Crippen LogP contribution in [0.15, 0.2) is 0 Å². The maximum Gasteiger partial charge on any atom is 0.153 e. The molecule has 0 aromatic rings. The Kier molecular flexibility index (Phi) is 4.60. The molecule has 4 nitrogen and oxygen atoms in total. The summed E-state index contributed by atoms with van der Waals surface area (Å²) in [5, 5.41) is 3.28. The molecule has 0 bridgehead atoms. The van der Waals surface area contributed by atoms with E-state index >= 15 is 0 Å². The molecule has 0 aromatic carbocycles. The van der Waals surface area contributed by atoms with Crippen molar-refractivity contribution in [3.05, 3.63) is 0 Å². The van der Waals surface area contributed by atoms with Gasteiger partial charge in [0.05, 0.1) is 11.5 Å². The summed E-state index contributed by atoms with van der Waals surface area (Å²) in [6.07, 6.45) is 0. The predicted molar refractivity (Wildman–Crippen MR) is 72.0 cm³/mol. The molecule has 1 aliphatic rings. The van der Waals surface area contributed by atoms with Gasteiger partial charge in [-0.15, -0.1) is 0 Å². The van der Waals surface area contributed by atoms with Crippen molar-refractivity contribution < 1.29 is 8.42 Å². The molecular weight excluding hydrogens is 236 g/mol. The number of sulfone groups is 1. The van der Waals surface area contributed by atoms with Crippen LogP contribution in [0.1, 0.15) is 27.7 Å². The number of nitrogens with zero attached hydrogens (tertiary/aromatic N) is 1. The van der Waals surface area contributed by atoms with Gasteiger partial charge in [0, 0.05) is 25.2 Å². The Balaban J connectivity index is 2.64. The molecular formula is C12H26N2O2S. The van der Waals surface area contributed by atoms with E-state index in [0.717, 1.165) is 6.54 Å². The van der Waals surface area contributed by atoms with Gasteiger partial charge in [-0.05, 0) is 26.3 Å². The molecule has 1 rings (SSSR count). The fourth-order valence-corrected chi connectivity index (χ4v) is 3.94. The van der Waals surface area contributed by atoms with Crippen molar-refractivity contribution in [2.75, 3.05) is 31.6 Å². The third-order valence-electron chi connectivity index (χ3n) is 4.02. The van der Waals surface area contributed by atoms with Gasteiger partial charge in [-0.1, -0.05) is 13.8 Å². The summed E-state index contributed by atoms with van der Waals surface area (Å²) in [6, 6.07) is 0.547. The van der Waals surface area contributed by atoms with Crippen molar-refractivity contribution in [2.24, 2.45) is 5.41 Å². The number of hydrogen-bond donors (Lipinski definition) is 1. The summed E-state index contributed by atoms with van der Waals surface area (Å²) in [5.74, 6) is 0.609. The van der Waals surface area contributed by atoms with Crippen LogP contribution >= 0.6 is 0 Å². The lowest BCUT2D eigenvalue weighted by atomic mass is 9.84. The first-order valence-electron chi connectivity index (χ1n) is 6.30. The quantitative estimate of drug-likeness (QED) is 0.812. The lowest BCUT2D eigenvalue weighted by Crippen LogP contribution is -2.53. The molecule has 1 aliphatic heterocycles. The van der Waals surface area contributed by atoms with Crippen LogP contribution in [0.4, 0.5) is 0 Å². The first kappa shape index (κ1) is 14.9. The highest BCUT2D eigenvalue weighted by Crippen LogP contribution is 2.24. The Hall–Kier alpha value is -0.130. The van der Waals surface area contributed by atoms with Crippen LogP contribution in [0.25, 0.3) is 0 Å². The normalized spacial score (nSPS) is 27.9. The number of hydrogen-bond acceptors (Lipinski definition) is 4. The Bertz CT molecular complexity index is 352. The monoisotopic (exact) mass is 262 g/mol. The minimum absolute atomic E-state index is 0.136. The molecule has 0 aliphatic carbocycles. The van der Waals surface area contributed by atoms with Gasteiger partial charge in [-0.2, -0.15) is 0 Å². The summed E-state index contributed by atoms with van der Waals surface area (Å²) in [7, 11) is -0.835. The predicted octanol–water partition coefficient (Wildman–Crippen LogP) is 0.739. The SMILES string of the molecule is CNC(C)C(C)(C)CN1CCS(=O)(=O)CC1C. The second-order valence-electron chi connectivity index (χ2n) is 5.93. The molecule has 1 N–H and O–H groups in total. The first-order chi connectivity index (χ1) is 7.68. The van der Waals surface area contributed by atoms with Crippen LogP contribution in [0.3, 0.4) is 0 Å². The zero-order valence-electron chi connectivity index (χ0n) is 11.7. The Labute approximate surface area is 106 Å². The molecule has 2 atom stereocenters. The molecule has 0 amide bonds. The summed E-state index contributed by atoms with van der Waals surface area (Å²) in [4.78, 5) is 2.30. The smallest absolute Gasteiger partial charge is 0.153 e. The molecule has 5 heteroatoms. The second-order valence-corrected chi connectivity index (χ2v) is 8.16. The number of rotatable bonds is 4. The molecule has 1 heterocycles. The summed E-state index contributed by atoms with van der Waals surface area (Å²) in [6.45, 7) is 10.2. The largest absolute Gasteiger partial charge is 0.317 e. The third-order valence-corrected chi connectivity index (χ3v) is 5.82. The average Bonchev–Trinajstić information content (AvgIpc) is 2.20. The zero-order chi connectivity index (χ0) is 13.3. The van der Waals surface area contributed by atoms with Crippen molar-refractivity contribution in [1.82, 2.24) is 10.2 Å². The van der Waals surface area contributed by atoms with E-state index < -0.39 is 9.84 Å². The van der Waals surface area contributed by atoms with Crippen LogP contribution in [0, 0.1) is 5.41 Å². The van der Waals surface area contributed by atoms with E-state index in [9.17, 15) is 8.42 Å². The van der Waals surface area contributed by atoms with Crippen LogP contribution in [0.2, 0.25) is 0 Å². The highest BCUT2D eigenvalue weighted by atomic mass is 32.2. The van der Waals surface area contributed by atoms with Gasteiger partial charge >= 0.3 is 0 Å². The van der Waals surface area contributed by atoms with Gasteiger partial charge in [0.1, 0.15) is 0 Å². The fraction of sp³-hybridized carbons (Fsp3) is 1.00. The maximum absolute atomic E-state index is 11.5. The van der Waals surface area contributed by atoms with Crippen molar-refractivity contribution in [3.8, 4) is 0 Å². The molecule has 17 heavy (non-hydrogen) atoms. The van der Waals surface area contributed by atoms with Gasteiger partial charge in [-0.25, -0.2) is 8.42 Å². The van der Waals surface area contributed by atoms with Gasteiger partial charge in [0.2, 0.25) is 0 Å². The van der Waals surface area contributed by atoms with Crippen LogP contribution in [-0.2, 0) is 9.84 Å². The van der Waals surface area contributed by atoms with E-state index in [-0.39, 0.29) is 11.5 Å². The van der Waals surface area contributed by atoms with Crippen molar-refractivity contribution in [2.45, 2.75) is 39.8 Å². The Morgan fingerprint density at radius 2 is 2.06 bits per heavy atom.